The molecule has 0 bridgehead atoms. The Morgan fingerprint density at radius 3 is 2.90 bits per heavy atom. The summed E-state index contributed by atoms with van der Waals surface area (Å²) >= 11 is 1.71. The standard InChI is InChI=1S/C13H23N5OS/c1-3-7-19-12-15-11(18-14)16-13(17-12)20-10-6-4-5-9(2)8-10/h9-10H,3-8,14H2,1-2H3,(H,15,16,17,18). The third kappa shape index (κ3) is 4.49. The molecule has 1 aliphatic rings. The molecule has 0 aliphatic heterocycles. The highest BCUT2D eigenvalue weighted by Crippen LogP contribution is 2.35. The molecule has 3 N–H and O–H groups in total. The Bertz CT molecular complexity index is 431. The van der Waals surface area contributed by atoms with Gasteiger partial charge in [0.2, 0.25) is 5.95 Å². The summed E-state index contributed by atoms with van der Waals surface area (Å²) in [5, 5.41) is 1.27. The molecule has 1 aliphatic carbocycles. The van der Waals surface area contributed by atoms with Crippen LogP contribution in [-0.2, 0) is 0 Å². The largest absolute Gasteiger partial charge is 0.463 e. The van der Waals surface area contributed by atoms with E-state index in [1.54, 1.807) is 11.8 Å². The number of nitrogens with one attached hydrogen (secondary N) is 1. The third-order valence-electron chi connectivity index (χ3n) is 3.32. The first-order valence-corrected chi connectivity index (χ1v) is 8.11. The maximum absolute atomic E-state index is 5.48. The number of hydrogen-bond acceptors (Lipinski definition) is 7. The number of nitrogens with two attached hydrogens (primary N) is 1. The number of ether oxygens (including phenoxy) is 1. The van der Waals surface area contributed by atoms with Crippen LogP contribution in [0.4, 0.5) is 5.95 Å². The van der Waals surface area contributed by atoms with Crippen LogP contribution in [0.15, 0.2) is 5.16 Å². The van der Waals surface area contributed by atoms with E-state index in [1.165, 1.54) is 25.7 Å². The van der Waals surface area contributed by atoms with Crippen LogP contribution in [0.1, 0.15) is 46.0 Å². The number of aromatic nitrogens is 3. The van der Waals surface area contributed by atoms with Crippen LogP contribution < -0.4 is 16.0 Å². The quantitative estimate of drug-likeness (QED) is 0.616. The zero-order valence-corrected chi connectivity index (χ0v) is 12.9. The second kappa shape index (κ2) is 7.64. The third-order valence-corrected chi connectivity index (χ3v) is 4.47. The molecular weight excluding hydrogens is 274 g/mol. The maximum Gasteiger partial charge on any atom is 0.322 e. The van der Waals surface area contributed by atoms with Crippen molar-refractivity contribution >= 4 is 17.7 Å². The fourth-order valence-electron chi connectivity index (χ4n) is 2.35. The predicted molar refractivity (Wildman–Crippen MR) is 80.7 cm³/mol. The smallest absolute Gasteiger partial charge is 0.322 e. The van der Waals surface area contributed by atoms with Gasteiger partial charge < -0.3 is 4.74 Å². The molecule has 1 heterocycles. The van der Waals surface area contributed by atoms with Crippen molar-refractivity contribution in [2.24, 2.45) is 11.8 Å². The molecule has 0 radical (unpaired) electrons. The first-order valence-electron chi connectivity index (χ1n) is 7.23. The van der Waals surface area contributed by atoms with Gasteiger partial charge in [-0.2, -0.15) is 15.0 Å². The van der Waals surface area contributed by atoms with Crippen molar-refractivity contribution in [2.75, 3.05) is 12.0 Å². The Hall–Kier alpha value is -1.08. The van der Waals surface area contributed by atoms with E-state index >= 15 is 0 Å². The number of nitrogen functional groups attached to an aromatic ring is 1. The minimum absolute atomic E-state index is 0.348. The van der Waals surface area contributed by atoms with Gasteiger partial charge in [-0.1, -0.05) is 38.5 Å². The number of rotatable bonds is 6. The van der Waals surface area contributed by atoms with Crippen molar-refractivity contribution in [1.82, 2.24) is 15.0 Å². The first-order chi connectivity index (χ1) is 9.71. The van der Waals surface area contributed by atoms with E-state index in [0.717, 1.165) is 12.3 Å². The Morgan fingerprint density at radius 1 is 1.35 bits per heavy atom. The molecule has 6 nitrogen and oxygen atoms in total. The lowest BCUT2D eigenvalue weighted by molar-refractivity contribution is 0.288. The van der Waals surface area contributed by atoms with Crippen molar-refractivity contribution in [3.05, 3.63) is 0 Å². The maximum atomic E-state index is 5.48. The zero-order chi connectivity index (χ0) is 14.4. The molecule has 1 saturated carbocycles. The van der Waals surface area contributed by atoms with Gasteiger partial charge in [-0.3, -0.25) is 5.43 Å². The van der Waals surface area contributed by atoms with Crippen molar-refractivity contribution in [2.45, 2.75) is 56.4 Å². The minimum Gasteiger partial charge on any atom is -0.463 e. The number of anilines is 1. The second-order valence-corrected chi connectivity index (χ2v) is 6.50. The number of thioether (sulfide) groups is 1. The topological polar surface area (TPSA) is 86.0 Å². The molecule has 20 heavy (non-hydrogen) atoms. The van der Waals surface area contributed by atoms with Gasteiger partial charge in [-0.25, -0.2) is 5.84 Å². The van der Waals surface area contributed by atoms with Gasteiger partial charge in [0.1, 0.15) is 0 Å². The van der Waals surface area contributed by atoms with Gasteiger partial charge >= 0.3 is 6.01 Å². The molecule has 2 atom stereocenters. The van der Waals surface area contributed by atoms with Crippen molar-refractivity contribution in [1.29, 1.82) is 0 Å². The lowest BCUT2D eigenvalue weighted by Crippen LogP contribution is -2.17. The summed E-state index contributed by atoms with van der Waals surface area (Å²) in [6.45, 7) is 4.95. The first kappa shape index (κ1) is 15.3. The fourth-order valence-corrected chi connectivity index (χ4v) is 3.63. The Balaban J connectivity index is 2.05. The average molecular weight is 297 g/mol. The van der Waals surface area contributed by atoms with Gasteiger partial charge in [0.25, 0.3) is 0 Å². The van der Waals surface area contributed by atoms with E-state index in [0.29, 0.717) is 29.0 Å². The zero-order valence-electron chi connectivity index (χ0n) is 12.1. The summed E-state index contributed by atoms with van der Waals surface area (Å²) in [6, 6.07) is 0.348. The summed E-state index contributed by atoms with van der Waals surface area (Å²) in [5.41, 5.74) is 2.47. The van der Waals surface area contributed by atoms with Crippen molar-refractivity contribution < 1.29 is 4.74 Å². The van der Waals surface area contributed by atoms with Crippen LogP contribution in [0.2, 0.25) is 0 Å². The molecule has 0 amide bonds. The average Bonchev–Trinajstić information content (AvgIpc) is 2.45. The molecule has 0 aromatic carbocycles. The van der Waals surface area contributed by atoms with Crippen LogP contribution in [0.25, 0.3) is 0 Å². The molecule has 1 aromatic rings. The van der Waals surface area contributed by atoms with E-state index in [2.05, 4.69) is 27.3 Å². The van der Waals surface area contributed by atoms with Gasteiger partial charge in [-0.15, -0.1) is 0 Å². The van der Waals surface area contributed by atoms with E-state index in [4.69, 9.17) is 10.6 Å². The summed E-state index contributed by atoms with van der Waals surface area (Å²) in [6.07, 6.45) is 5.96. The van der Waals surface area contributed by atoms with Crippen LogP contribution >= 0.6 is 11.8 Å². The summed E-state index contributed by atoms with van der Waals surface area (Å²) in [4.78, 5) is 12.8. The summed E-state index contributed by atoms with van der Waals surface area (Å²) in [7, 11) is 0. The summed E-state index contributed by atoms with van der Waals surface area (Å²) < 4.78 is 5.48. The van der Waals surface area contributed by atoms with Crippen molar-refractivity contribution in [3.63, 3.8) is 0 Å². The van der Waals surface area contributed by atoms with Crippen LogP contribution in [0.3, 0.4) is 0 Å². The minimum atomic E-state index is 0.348. The summed E-state index contributed by atoms with van der Waals surface area (Å²) in [5.74, 6) is 6.55. The molecule has 1 fully saturated rings. The second-order valence-electron chi connectivity index (χ2n) is 5.23. The Labute approximate surface area is 124 Å². The molecule has 2 unspecified atom stereocenters. The van der Waals surface area contributed by atoms with Gasteiger partial charge in [0, 0.05) is 5.25 Å². The highest BCUT2D eigenvalue weighted by molar-refractivity contribution is 7.99. The normalized spacial score (nSPS) is 22.6. The lowest BCUT2D eigenvalue weighted by Gasteiger charge is -2.25. The lowest BCUT2D eigenvalue weighted by atomic mass is 9.91. The molecule has 112 valence electrons. The Kier molecular flexibility index (Phi) is 5.85. The molecule has 0 spiro atoms. The predicted octanol–water partition coefficient (Wildman–Crippen LogP) is 2.62. The molecule has 7 heteroatoms. The van der Waals surface area contributed by atoms with Crippen LogP contribution in [0.5, 0.6) is 6.01 Å². The SMILES string of the molecule is CCCOc1nc(NN)nc(SC2CCCC(C)C2)n1. The highest BCUT2D eigenvalue weighted by Gasteiger charge is 2.21. The molecule has 0 saturated heterocycles. The van der Waals surface area contributed by atoms with E-state index in [1.807, 2.05) is 6.92 Å². The van der Waals surface area contributed by atoms with Crippen molar-refractivity contribution in [3.8, 4) is 6.01 Å². The van der Waals surface area contributed by atoms with Crippen LogP contribution in [-0.4, -0.2) is 26.8 Å². The molecule has 2 rings (SSSR count). The Morgan fingerprint density at radius 2 is 2.20 bits per heavy atom. The number of nitrogens with zero attached hydrogens (tertiary/aromatic N) is 3. The van der Waals surface area contributed by atoms with Gasteiger partial charge in [0.15, 0.2) is 5.16 Å². The number of hydrazine groups is 1. The van der Waals surface area contributed by atoms with Crippen LogP contribution in [0, 0.1) is 5.92 Å². The van der Waals surface area contributed by atoms with E-state index in [9.17, 15) is 0 Å². The number of hydrogen-bond donors (Lipinski definition) is 2. The van der Waals surface area contributed by atoms with E-state index in [-0.39, 0.29) is 0 Å². The molecular formula is C13H23N5OS. The van der Waals surface area contributed by atoms with Gasteiger partial charge in [0.05, 0.1) is 6.61 Å². The monoisotopic (exact) mass is 297 g/mol. The highest BCUT2D eigenvalue weighted by atomic mass is 32.2. The molecule has 1 aromatic heterocycles. The fraction of sp³-hybridized carbons (Fsp3) is 0.769. The van der Waals surface area contributed by atoms with E-state index < -0.39 is 0 Å². The van der Waals surface area contributed by atoms with Gasteiger partial charge in [-0.05, 0) is 25.2 Å².